The van der Waals surface area contributed by atoms with Crippen molar-refractivity contribution in [2.45, 2.75) is 13.0 Å². The van der Waals surface area contributed by atoms with Gasteiger partial charge in [-0.3, -0.25) is 5.32 Å². The normalized spacial score (nSPS) is 11.8. The van der Waals surface area contributed by atoms with E-state index in [1.165, 1.54) is 11.3 Å². The summed E-state index contributed by atoms with van der Waals surface area (Å²) in [5.41, 5.74) is 7.12. The number of ether oxygens (including phenoxy) is 1. The van der Waals surface area contributed by atoms with Gasteiger partial charge in [-0.25, -0.2) is 9.78 Å². The number of anilines is 2. The molecule has 106 valence electrons. The molecule has 2 aromatic rings. The number of nitrogens with zero attached hydrogens (tertiary/aromatic N) is 1. The van der Waals surface area contributed by atoms with Crippen molar-refractivity contribution in [2.24, 2.45) is 5.73 Å². The Kier molecular flexibility index (Phi) is 4.54. The zero-order chi connectivity index (χ0) is 14.5. The first kappa shape index (κ1) is 14.3. The van der Waals surface area contributed by atoms with Crippen molar-refractivity contribution >= 4 is 28.2 Å². The number of aromatic nitrogens is 1. The van der Waals surface area contributed by atoms with Crippen LogP contribution in [0.5, 0.6) is 5.75 Å². The maximum atomic E-state index is 11.8. The summed E-state index contributed by atoms with van der Waals surface area (Å²) in [5, 5.41) is 7.71. The van der Waals surface area contributed by atoms with E-state index in [9.17, 15) is 4.79 Å². The van der Waals surface area contributed by atoms with Gasteiger partial charge in [0.25, 0.3) is 0 Å². The molecule has 0 bridgehead atoms. The van der Waals surface area contributed by atoms with Crippen molar-refractivity contribution in [2.75, 3.05) is 17.7 Å². The summed E-state index contributed by atoms with van der Waals surface area (Å²) in [5.74, 6) is 0.677. The van der Waals surface area contributed by atoms with Gasteiger partial charge in [0.2, 0.25) is 0 Å². The van der Waals surface area contributed by atoms with E-state index in [-0.39, 0.29) is 12.1 Å². The summed E-state index contributed by atoms with van der Waals surface area (Å²) in [6.07, 6.45) is 0. The molecule has 20 heavy (non-hydrogen) atoms. The third-order valence-electron chi connectivity index (χ3n) is 2.54. The minimum atomic E-state index is -0.358. The fourth-order valence-corrected chi connectivity index (χ4v) is 2.32. The fraction of sp³-hybridized carbons (Fsp3) is 0.231. The Hall–Kier alpha value is -2.12. The minimum absolute atomic E-state index is 0.150. The van der Waals surface area contributed by atoms with Gasteiger partial charge in [-0.15, -0.1) is 11.3 Å². The number of carbonyl (C=O) groups is 1. The van der Waals surface area contributed by atoms with Gasteiger partial charge in [0, 0.05) is 23.2 Å². The summed E-state index contributed by atoms with van der Waals surface area (Å²) < 4.78 is 5.09. The molecule has 0 fully saturated rings. The fourth-order valence-electron chi connectivity index (χ4n) is 1.51. The Morgan fingerprint density at radius 3 is 2.90 bits per heavy atom. The van der Waals surface area contributed by atoms with E-state index in [2.05, 4.69) is 15.6 Å². The molecule has 0 saturated heterocycles. The van der Waals surface area contributed by atoms with Crippen LogP contribution < -0.4 is 21.1 Å². The molecule has 1 unspecified atom stereocenters. The highest BCUT2D eigenvalue weighted by Gasteiger charge is 2.09. The SMILES string of the molecule is COc1cccc(NC(=O)Nc2nc(C(C)N)cs2)c1. The molecule has 2 amide bonds. The molecule has 1 aromatic carbocycles. The lowest BCUT2D eigenvalue weighted by Crippen LogP contribution is -2.19. The van der Waals surface area contributed by atoms with Crippen molar-refractivity contribution in [1.82, 2.24) is 4.98 Å². The highest BCUT2D eigenvalue weighted by atomic mass is 32.1. The van der Waals surface area contributed by atoms with Crippen molar-refractivity contribution < 1.29 is 9.53 Å². The van der Waals surface area contributed by atoms with Gasteiger partial charge in [0.1, 0.15) is 5.75 Å². The highest BCUT2D eigenvalue weighted by molar-refractivity contribution is 7.13. The molecule has 0 radical (unpaired) electrons. The van der Waals surface area contributed by atoms with Crippen LogP contribution in [0.1, 0.15) is 18.7 Å². The average Bonchev–Trinajstić information content (AvgIpc) is 2.87. The van der Waals surface area contributed by atoms with Crippen molar-refractivity contribution in [3.8, 4) is 5.75 Å². The third-order valence-corrected chi connectivity index (χ3v) is 3.31. The Balaban J connectivity index is 1.97. The van der Waals surface area contributed by atoms with Gasteiger partial charge in [0.05, 0.1) is 12.8 Å². The quantitative estimate of drug-likeness (QED) is 0.808. The van der Waals surface area contributed by atoms with Crippen LogP contribution in [0.25, 0.3) is 0 Å². The molecule has 0 aliphatic rings. The van der Waals surface area contributed by atoms with E-state index in [1.54, 1.807) is 31.4 Å². The van der Waals surface area contributed by atoms with Crippen LogP contribution in [0.4, 0.5) is 15.6 Å². The van der Waals surface area contributed by atoms with Crippen LogP contribution in [0, 0.1) is 0 Å². The van der Waals surface area contributed by atoms with Gasteiger partial charge in [-0.1, -0.05) is 6.07 Å². The predicted molar refractivity (Wildman–Crippen MR) is 80.4 cm³/mol. The van der Waals surface area contributed by atoms with Gasteiger partial charge >= 0.3 is 6.03 Å². The topological polar surface area (TPSA) is 89.3 Å². The number of benzene rings is 1. The molecule has 0 saturated carbocycles. The number of urea groups is 1. The van der Waals surface area contributed by atoms with Crippen LogP contribution in [0.3, 0.4) is 0 Å². The third kappa shape index (κ3) is 3.69. The number of nitrogens with two attached hydrogens (primary N) is 1. The zero-order valence-corrected chi connectivity index (χ0v) is 12.0. The minimum Gasteiger partial charge on any atom is -0.497 e. The number of amides is 2. The molecule has 7 heteroatoms. The Labute approximate surface area is 121 Å². The van der Waals surface area contributed by atoms with Crippen LogP contribution >= 0.6 is 11.3 Å². The van der Waals surface area contributed by atoms with Crippen LogP contribution in [-0.2, 0) is 0 Å². The van der Waals surface area contributed by atoms with Crippen molar-refractivity contribution in [3.05, 3.63) is 35.3 Å². The highest BCUT2D eigenvalue weighted by Crippen LogP contribution is 2.20. The lowest BCUT2D eigenvalue weighted by atomic mass is 10.3. The predicted octanol–water partition coefficient (Wildman–Crippen LogP) is 2.82. The maximum Gasteiger partial charge on any atom is 0.325 e. The second-order valence-electron chi connectivity index (χ2n) is 4.18. The first-order chi connectivity index (χ1) is 9.58. The number of thiazole rings is 1. The smallest absolute Gasteiger partial charge is 0.325 e. The number of hydrogen-bond donors (Lipinski definition) is 3. The largest absolute Gasteiger partial charge is 0.497 e. The summed E-state index contributed by atoms with van der Waals surface area (Å²) in [6, 6.07) is 6.60. The second kappa shape index (κ2) is 6.36. The molecule has 2 rings (SSSR count). The van der Waals surface area contributed by atoms with E-state index >= 15 is 0 Å². The Morgan fingerprint density at radius 1 is 1.45 bits per heavy atom. The van der Waals surface area contributed by atoms with Crippen LogP contribution in [-0.4, -0.2) is 18.1 Å². The second-order valence-corrected chi connectivity index (χ2v) is 5.04. The molecule has 1 atom stereocenters. The van der Waals surface area contributed by atoms with Crippen molar-refractivity contribution in [1.29, 1.82) is 0 Å². The first-order valence-electron chi connectivity index (χ1n) is 6.01. The molecular formula is C13H16N4O2S. The average molecular weight is 292 g/mol. The Bertz CT molecular complexity index is 598. The summed E-state index contributed by atoms with van der Waals surface area (Å²) in [4.78, 5) is 16.1. The standard InChI is InChI=1S/C13H16N4O2S/c1-8(14)11-7-20-13(16-11)17-12(18)15-9-4-3-5-10(6-9)19-2/h3-8H,14H2,1-2H3,(H2,15,16,17,18). The van der Waals surface area contributed by atoms with Crippen LogP contribution in [0.15, 0.2) is 29.6 Å². The Morgan fingerprint density at radius 2 is 2.25 bits per heavy atom. The summed E-state index contributed by atoms with van der Waals surface area (Å²) in [7, 11) is 1.57. The van der Waals surface area contributed by atoms with E-state index in [1.807, 2.05) is 12.3 Å². The number of hydrogen-bond acceptors (Lipinski definition) is 5. The van der Waals surface area contributed by atoms with Gasteiger partial charge in [0.15, 0.2) is 5.13 Å². The van der Waals surface area contributed by atoms with Crippen molar-refractivity contribution in [3.63, 3.8) is 0 Å². The van der Waals surface area contributed by atoms with Gasteiger partial charge in [-0.05, 0) is 19.1 Å². The van der Waals surface area contributed by atoms with E-state index in [0.717, 1.165) is 5.69 Å². The van der Waals surface area contributed by atoms with Gasteiger partial charge in [-0.2, -0.15) is 0 Å². The molecule has 0 aliphatic carbocycles. The molecule has 1 aromatic heterocycles. The molecule has 0 spiro atoms. The molecule has 1 heterocycles. The lowest BCUT2D eigenvalue weighted by Gasteiger charge is -2.07. The molecule has 0 aliphatic heterocycles. The molecular weight excluding hydrogens is 276 g/mol. The lowest BCUT2D eigenvalue weighted by molar-refractivity contribution is 0.262. The summed E-state index contributed by atoms with van der Waals surface area (Å²) >= 11 is 1.34. The van der Waals surface area contributed by atoms with E-state index in [0.29, 0.717) is 16.6 Å². The van der Waals surface area contributed by atoms with E-state index < -0.39 is 0 Å². The van der Waals surface area contributed by atoms with Gasteiger partial charge < -0.3 is 15.8 Å². The monoisotopic (exact) mass is 292 g/mol. The maximum absolute atomic E-state index is 11.8. The summed E-state index contributed by atoms with van der Waals surface area (Å²) in [6.45, 7) is 1.84. The number of rotatable bonds is 4. The number of methoxy groups -OCH3 is 1. The molecule has 4 N–H and O–H groups in total. The number of carbonyl (C=O) groups excluding carboxylic acids is 1. The van der Waals surface area contributed by atoms with E-state index in [4.69, 9.17) is 10.5 Å². The molecule has 6 nitrogen and oxygen atoms in total. The first-order valence-corrected chi connectivity index (χ1v) is 6.89. The number of nitrogens with one attached hydrogen (secondary N) is 2. The van der Waals surface area contributed by atoms with Crippen LogP contribution in [0.2, 0.25) is 0 Å². The zero-order valence-electron chi connectivity index (χ0n) is 11.2.